The molecule has 1 atom stereocenters. The van der Waals surface area contributed by atoms with E-state index < -0.39 is 5.54 Å². The third kappa shape index (κ3) is 5.68. The second kappa shape index (κ2) is 9.71. The van der Waals surface area contributed by atoms with Gasteiger partial charge in [-0.25, -0.2) is 9.18 Å². The van der Waals surface area contributed by atoms with E-state index in [-0.39, 0.29) is 36.2 Å². The summed E-state index contributed by atoms with van der Waals surface area (Å²) in [6.07, 6.45) is 1.29. The van der Waals surface area contributed by atoms with Crippen molar-refractivity contribution >= 4 is 30.0 Å². The largest absolute Gasteiger partial charge is 0.341 e. The Labute approximate surface area is 176 Å². The molecule has 1 aliphatic rings. The molecule has 29 heavy (non-hydrogen) atoms. The van der Waals surface area contributed by atoms with Crippen LogP contribution in [0, 0.1) is 5.82 Å². The van der Waals surface area contributed by atoms with E-state index >= 15 is 0 Å². The molecule has 6 nitrogen and oxygen atoms in total. The Morgan fingerprint density at radius 1 is 1.07 bits per heavy atom. The van der Waals surface area contributed by atoms with Crippen LogP contribution in [0.2, 0.25) is 0 Å². The molecule has 8 heteroatoms. The van der Waals surface area contributed by atoms with Crippen molar-refractivity contribution in [2.75, 3.05) is 18.4 Å². The molecule has 3 rings (SSSR count). The molecule has 1 aliphatic heterocycles. The van der Waals surface area contributed by atoms with Crippen molar-refractivity contribution in [2.45, 2.75) is 31.3 Å². The van der Waals surface area contributed by atoms with E-state index in [4.69, 9.17) is 5.73 Å². The zero-order valence-corrected chi connectivity index (χ0v) is 17.0. The number of hydrogen-bond donors (Lipinski definition) is 3. The topological polar surface area (TPSA) is 87.5 Å². The molecule has 4 N–H and O–H groups in total. The van der Waals surface area contributed by atoms with Gasteiger partial charge in [-0.05, 0) is 49.6 Å². The van der Waals surface area contributed by atoms with Gasteiger partial charge < -0.3 is 21.3 Å². The number of hydrogen-bond acceptors (Lipinski definition) is 3. The summed E-state index contributed by atoms with van der Waals surface area (Å²) in [5.74, 6) is -0.474. The molecule has 156 valence electrons. The first-order valence-corrected chi connectivity index (χ1v) is 9.33. The van der Waals surface area contributed by atoms with Crippen LogP contribution in [-0.2, 0) is 10.3 Å². The number of piperidine rings is 1. The van der Waals surface area contributed by atoms with Gasteiger partial charge in [-0.2, -0.15) is 0 Å². The SMILES string of the molecule is CC(N)(C(=O)N1CCC(NC(=O)Nc2ccc(F)cc2)CC1)c1ccccc1.Cl. The lowest BCUT2D eigenvalue weighted by Crippen LogP contribution is -2.55. The molecule has 1 fully saturated rings. The van der Waals surface area contributed by atoms with Gasteiger partial charge in [-0.3, -0.25) is 4.79 Å². The maximum absolute atomic E-state index is 12.9. The van der Waals surface area contributed by atoms with Crippen molar-refractivity contribution in [1.29, 1.82) is 0 Å². The van der Waals surface area contributed by atoms with Gasteiger partial charge in [0.2, 0.25) is 5.91 Å². The third-order valence-corrected chi connectivity index (χ3v) is 5.04. The summed E-state index contributed by atoms with van der Waals surface area (Å²) in [5.41, 5.74) is 6.54. The van der Waals surface area contributed by atoms with E-state index in [1.165, 1.54) is 24.3 Å². The number of likely N-dealkylation sites (tertiary alicyclic amines) is 1. The third-order valence-electron chi connectivity index (χ3n) is 5.04. The maximum Gasteiger partial charge on any atom is 0.319 e. The van der Waals surface area contributed by atoms with Crippen LogP contribution in [0.4, 0.5) is 14.9 Å². The molecule has 1 heterocycles. The van der Waals surface area contributed by atoms with E-state index in [1.807, 2.05) is 30.3 Å². The van der Waals surface area contributed by atoms with Gasteiger partial charge in [0, 0.05) is 24.8 Å². The van der Waals surface area contributed by atoms with E-state index in [0.717, 1.165) is 5.56 Å². The molecular weight excluding hydrogens is 395 g/mol. The smallest absolute Gasteiger partial charge is 0.319 e. The second-order valence-corrected chi connectivity index (χ2v) is 7.24. The summed E-state index contributed by atoms with van der Waals surface area (Å²) >= 11 is 0. The predicted molar refractivity (Wildman–Crippen MR) is 113 cm³/mol. The number of nitrogens with two attached hydrogens (primary N) is 1. The highest BCUT2D eigenvalue weighted by Gasteiger charge is 2.36. The number of carbonyl (C=O) groups excluding carboxylic acids is 2. The quantitative estimate of drug-likeness (QED) is 0.709. The zero-order valence-electron chi connectivity index (χ0n) is 16.2. The number of nitrogens with one attached hydrogen (secondary N) is 2. The molecule has 0 spiro atoms. The minimum absolute atomic E-state index is 0. The molecule has 0 aromatic heterocycles. The fourth-order valence-corrected chi connectivity index (χ4v) is 3.35. The van der Waals surface area contributed by atoms with Gasteiger partial charge in [0.1, 0.15) is 11.4 Å². The minimum atomic E-state index is -1.08. The molecule has 0 radical (unpaired) electrons. The van der Waals surface area contributed by atoms with E-state index in [1.54, 1.807) is 11.8 Å². The Balaban J connectivity index is 0.00000300. The fourth-order valence-electron chi connectivity index (χ4n) is 3.35. The Morgan fingerprint density at radius 2 is 1.66 bits per heavy atom. The molecule has 0 aliphatic carbocycles. The summed E-state index contributed by atoms with van der Waals surface area (Å²) in [5, 5.41) is 5.58. The van der Waals surface area contributed by atoms with Crippen LogP contribution >= 0.6 is 12.4 Å². The zero-order chi connectivity index (χ0) is 20.1. The predicted octanol–water partition coefficient (Wildman–Crippen LogP) is 3.23. The molecular formula is C21H26ClFN4O2. The van der Waals surface area contributed by atoms with Crippen LogP contribution in [0.15, 0.2) is 54.6 Å². The standard InChI is InChI=1S/C21H25FN4O2.ClH/c1-21(23,15-5-3-2-4-6-15)19(27)26-13-11-18(12-14-26)25-20(28)24-17-9-7-16(22)8-10-17;/h2-10,18H,11-14,23H2,1H3,(H2,24,25,28);1H. The molecule has 2 aromatic carbocycles. The fraction of sp³-hybridized carbons (Fsp3) is 0.333. The van der Waals surface area contributed by atoms with Gasteiger partial charge >= 0.3 is 6.03 Å². The molecule has 0 saturated carbocycles. The number of benzene rings is 2. The Kier molecular flexibility index (Phi) is 7.59. The van der Waals surface area contributed by atoms with Gasteiger partial charge in [0.25, 0.3) is 0 Å². The first-order chi connectivity index (χ1) is 13.4. The monoisotopic (exact) mass is 420 g/mol. The summed E-state index contributed by atoms with van der Waals surface area (Å²) in [7, 11) is 0. The Morgan fingerprint density at radius 3 is 2.24 bits per heavy atom. The molecule has 2 aromatic rings. The van der Waals surface area contributed by atoms with Crippen LogP contribution < -0.4 is 16.4 Å². The van der Waals surface area contributed by atoms with Crippen LogP contribution in [-0.4, -0.2) is 36.0 Å². The van der Waals surface area contributed by atoms with Gasteiger partial charge in [0.05, 0.1) is 0 Å². The average molecular weight is 421 g/mol. The number of amides is 3. The number of carbonyl (C=O) groups is 2. The van der Waals surface area contributed by atoms with E-state index in [9.17, 15) is 14.0 Å². The first kappa shape index (κ1) is 22.6. The lowest BCUT2D eigenvalue weighted by Gasteiger charge is -2.37. The molecule has 1 saturated heterocycles. The molecule has 0 bridgehead atoms. The van der Waals surface area contributed by atoms with Gasteiger partial charge in [-0.15, -0.1) is 12.4 Å². The number of halogens is 2. The van der Waals surface area contributed by atoms with Crippen LogP contribution in [0.3, 0.4) is 0 Å². The van der Waals surface area contributed by atoms with Crippen LogP contribution in [0.5, 0.6) is 0 Å². The Hall–Kier alpha value is -2.64. The number of urea groups is 1. The first-order valence-electron chi connectivity index (χ1n) is 9.33. The highest BCUT2D eigenvalue weighted by atomic mass is 35.5. The summed E-state index contributed by atoms with van der Waals surface area (Å²) in [4.78, 5) is 26.8. The van der Waals surface area contributed by atoms with E-state index in [0.29, 0.717) is 31.6 Å². The average Bonchev–Trinajstić information content (AvgIpc) is 2.70. The van der Waals surface area contributed by atoms with Crippen molar-refractivity contribution < 1.29 is 14.0 Å². The summed E-state index contributed by atoms with van der Waals surface area (Å²) in [6, 6.07) is 14.5. The van der Waals surface area contributed by atoms with Crippen LogP contribution in [0.25, 0.3) is 0 Å². The van der Waals surface area contributed by atoms with Crippen molar-refractivity contribution in [3.63, 3.8) is 0 Å². The summed E-state index contributed by atoms with van der Waals surface area (Å²) in [6.45, 7) is 2.78. The van der Waals surface area contributed by atoms with Crippen molar-refractivity contribution in [2.24, 2.45) is 5.73 Å². The van der Waals surface area contributed by atoms with E-state index in [2.05, 4.69) is 10.6 Å². The molecule has 3 amide bonds. The number of rotatable bonds is 4. The highest BCUT2D eigenvalue weighted by molar-refractivity contribution is 5.89. The highest BCUT2D eigenvalue weighted by Crippen LogP contribution is 2.23. The van der Waals surface area contributed by atoms with Crippen molar-refractivity contribution in [3.8, 4) is 0 Å². The number of nitrogens with zero attached hydrogens (tertiary/aromatic N) is 1. The van der Waals surface area contributed by atoms with Crippen LogP contribution in [0.1, 0.15) is 25.3 Å². The molecule has 1 unspecified atom stereocenters. The van der Waals surface area contributed by atoms with Crippen molar-refractivity contribution in [1.82, 2.24) is 10.2 Å². The lowest BCUT2D eigenvalue weighted by atomic mass is 9.90. The second-order valence-electron chi connectivity index (χ2n) is 7.24. The normalized spacial score (nSPS) is 16.3. The van der Waals surface area contributed by atoms with Gasteiger partial charge in [0.15, 0.2) is 0 Å². The van der Waals surface area contributed by atoms with Gasteiger partial charge in [-0.1, -0.05) is 30.3 Å². The lowest BCUT2D eigenvalue weighted by molar-refractivity contribution is -0.137. The maximum atomic E-state index is 12.9. The van der Waals surface area contributed by atoms with Crippen molar-refractivity contribution in [3.05, 3.63) is 66.0 Å². The summed E-state index contributed by atoms with van der Waals surface area (Å²) < 4.78 is 12.9. The minimum Gasteiger partial charge on any atom is -0.341 e. The Bertz CT molecular complexity index is 822. The number of anilines is 1.